The summed E-state index contributed by atoms with van der Waals surface area (Å²) in [6.07, 6.45) is 0.780. The van der Waals surface area contributed by atoms with Crippen molar-refractivity contribution >= 4 is 23.2 Å². The highest BCUT2D eigenvalue weighted by atomic mass is 16.2. The number of para-hydroxylation sites is 1. The van der Waals surface area contributed by atoms with Crippen molar-refractivity contribution in [3.8, 4) is 5.69 Å². The normalized spacial score (nSPS) is 12.7. The van der Waals surface area contributed by atoms with Gasteiger partial charge >= 0.3 is 0 Å². The Kier molecular flexibility index (Phi) is 4.19. The average molecular weight is 361 g/mol. The first-order chi connectivity index (χ1) is 13.0. The topological polar surface area (TPSA) is 80.1 Å². The van der Waals surface area contributed by atoms with Gasteiger partial charge in [-0.3, -0.25) is 9.59 Å². The summed E-state index contributed by atoms with van der Waals surface area (Å²) in [5.74, 6) is -0.283. The first kappa shape index (κ1) is 17.0. The number of anilines is 2. The van der Waals surface area contributed by atoms with Crippen molar-refractivity contribution in [3.05, 3.63) is 65.5 Å². The number of aromatic nitrogens is 3. The van der Waals surface area contributed by atoms with Gasteiger partial charge in [-0.05, 0) is 49.2 Å². The van der Waals surface area contributed by atoms with E-state index in [4.69, 9.17) is 0 Å². The Morgan fingerprint density at radius 3 is 2.59 bits per heavy atom. The van der Waals surface area contributed by atoms with Crippen LogP contribution in [0.4, 0.5) is 11.4 Å². The Bertz CT molecular complexity index is 1030. The van der Waals surface area contributed by atoms with E-state index >= 15 is 0 Å². The van der Waals surface area contributed by atoms with E-state index in [0.29, 0.717) is 17.9 Å². The lowest BCUT2D eigenvalue weighted by Crippen LogP contribution is -2.25. The standard InChI is InChI=1S/C20H19N5O2/c1-13-19(23-25(22-13)17-6-4-3-5-7-17)20(27)21-16-8-9-18-15(12-16)10-11-24(18)14(2)26/h3-9,12H,10-11H2,1-2H3,(H,21,27). The molecule has 0 aliphatic carbocycles. The second kappa shape index (κ2) is 6.68. The van der Waals surface area contributed by atoms with E-state index in [9.17, 15) is 9.59 Å². The van der Waals surface area contributed by atoms with Crippen molar-refractivity contribution in [1.29, 1.82) is 0 Å². The van der Waals surface area contributed by atoms with Crippen LogP contribution in [0.1, 0.15) is 28.7 Å². The number of benzene rings is 2. The molecule has 7 nitrogen and oxygen atoms in total. The van der Waals surface area contributed by atoms with E-state index in [0.717, 1.165) is 23.4 Å². The minimum absolute atomic E-state index is 0.0266. The SMILES string of the molecule is CC(=O)N1CCc2cc(NC(=O)c3nn(-c4ccccc4)nc3C)ccc21. The largest absolute Gasteiger partial charge is 0.321 e. The van der Waals surface area contributed by atoms with Gasteiger partial charge < -0.3 is 10.2 Å². The van der Waals surface area contributed by atoms with Crippen molar-refractivity contribution in [2.45, 2.75) is 20.3 Å². The van der Waals surface area contributed by atoms with Crippen LogP contribution in [0.3, 0.4) is 0 Å². The van der Waals surface area contributed by atoms with Crippen LogP contribution in [0.25, 0.3) is 5.69 Å². The van der Waals surface area contributed by atoms with Gasteiger partial charge in [-0.25, -0.2) is 0 Å². The van der Waals surface area contributed by atoms with E-state index in [1.165, 1.54) is 4.80 Å². The van der Waals surface area contributed by atoms with Crippen LogP contribution in [0.2, 0.25) is 0 Å². The predicted molar refractivity (Wildman–Crippen MR) is 102 cm³/mol. The lowest BCUT2D eigenvalue weighted by Gasteiger charge is -2.15. The van der Waals surface area contributed by atoms with E-state index in [1.54, 1.807) is 24.8 Å². The minimum Gasteiger partial charge on any atom is -0.321 e. The Morgan fingerprint density at radius 1 is 1.07 bits per heavy atom. The number of carbonyl (C=O) groups is 2. The number of carbonyl (C=O) groups excluding carboxylic acids is 2. The summed E-state index contributed by atoms with van der Waals surface area (Å²) in [6, 6.07) is 15.0. The second-order valence-corrected chi connectivity index (χ2v) is 6.48. The molecule has 4 rings (SSSR count). The highest BCUT2D eigenvalue weighted by Gasteiger charge is 2.23. The van der Waals surface area contributed by atoms with Gasteiger partial charge in [-0.1, -0.05) is 18.2 Å². The first-order valence-corrected chi connectivity index (χ1v) is 8.74. The fourth-order valence-electron chi connectivity index (χ4n) is 3.26. The van der Waals surface area contributed by atoms with E-state index < -0.39 is 0 Å². The molecular formula is C20H19N5O2. The van der Waals surface area contributed by atoms with E-state index in [2.05, 4.69) is 15.5 Å². The third-order valence-electron chi connectivity index (χ3n) is 4.60. The monoisotopic (exact) mass is 361 g/mol. The molecule has 2 aromatic carbocycles. The van der Waals surface area contributed by atoms with Crippen LogP contribution in [0.15, 0.2) is 48.5 Å². The Morgan fingerprint density at radius 2 is 1.85 bits per heavy atom. The van der Waals surface area contributed by atoms with E-state index in [1.807, 2.05) is 42.5 Å². The van der Waals surface area contributed by atoms with Crippen LogP contribution in [-0.2, 0) is 11.2 Å². The third-order valence-corrected chi connectivity index (χ3v) is 4.60. The highest BCUT2D eigenvalue weighted by Crippen LogP contribution is 2.30. The molecule has 1 aliphatic rings. The summed E-state index contributed by atoms with van der Waals surface area (Å²) in [7, 11) is 0. The van der Waals surface area contributed by atoms with E-state index in [-0.39, 0.29) is 17.5 Å². The summed E-state index contributed by atoms with van der Waals surface area (Å²) >= 11 is 0. The van der Waals surface area contributed by atoms with Crippen molar-refractivity contribution < 1.29 is 9.59 Å². The van der Waals surface area contributed by atoms with Crippen molar-refractivity contribution in [2.75, 3.05) is 16.8 Å². The Labute approximate surface area is 156 Å². The number of nitrogens with zero attached hydrogens (tertiary/aromatic N) is 4. The zero-order valence-corrected chi connectivity index (χ0v) is 15.1. The van der Waals surface area contributed by atoms with Crippen molar-refractivity contribution in [3.63, 3.8) is 0 Å². The van der Waals surface area contributed by atoms with Gasteiger partial charge in [0, 0.05) is 24.8 Å². The number of nitrogens with one attached hydrogen (secondary N) is 1. The molecule has 1 aromatic heterocycles. The molecule has 0 fully saturated rings. The van der Waals surface area contributed by atoms with Crippen LogP contribution in [-0.4, -0.2) is 33.4 Å². The third kappa shape index (κ3) is 3.19. The predicted octanol–water partition coefficient (Wildman–Crippen LogP) is 2.74. The van der Waals surface area contributed by atoms with Gasteiger partial charge in [0.1, 0.15) is 0 Å². The van der Waals surface area contributed by atoms with Gasteiger partial charge in [0.15, 0.2) is 5.69 Å². The van der Waals surface area contributed by atoms with Gasteiger partial charge in [0.2, 0.25) is 5.91 Å². The number of hydrogen-bond acceptors (Lipinski definition) is 4. The number of fused-ring (bicyclic) bond motifs is 1. The van der Waals surface area contributed by atoms with Gasteiger partial charge in [0.25, 0.3) is 5.91 Å². The maximum atomic E-state index is 12.7. The molecular weight excluding hydrogens is 342 g/mol. The summed E-state index contributed by atoms with van der Waals surface area (Å²) in [5.41, 5.74) is 4.27. The minimum atomic E-state index is -0.309. The summed E-state index contributed by atoms with van der Waals surface area (Å²) in [6.45, 7) is 3.99. The molecule has 0 radical (unpaired) electrons. The summed E-state index contributed by atoms with van der Waals surface area (Å²) in [5, 5.41) is 11.5. The molecule has 2 amide bonds. The molecule has 2 heterocycles. The van der Waals surface area contributed by atoms with Crippen molar-refractivity contribution in [2.24, 2.45) is 0 Å². The maximum absolute atomic E-state index is 12.7. The molecule has 27 heavy (non-hydrogen) atoms. The number of rotatable bonds is 3. The highest BCUT2D eigenvalue weighted by molar-refractivity contribution is 6.04. The molecule has 1 N–H and O–H groups in total. The molecule has 3 aromatic rings. The number of amides is 2. The maximum Gasteiger partial charge on any atom is 0.278 e. The Hall–Kier alpha value is -3.48. The van der Waals surface area contributed by atoms with Crippen LogP contribution in [0.5, 0.6) is 0 Å². The molecule has 0 saturated heterocycles. The molecule has 0 atom stereocenters. The molecule has 1 aliphatic heterocycles. The fourth-order valence-corrected chi connectivity index (χ4v) is 3.26. The molecule has 0 bridgehead atoms. The fraction of sp³-hybridized carbons (Fsp3) is 0.200. The Balaban J connectivity index is 1.55. The molecule has 0 spiro atoms. The first-order valence-electron chi connectivity index (χ1n) is 8.74. The summed E-state index contributed by atoms with van der Waals surface area (Å²) in [4.78, 5) is 27.5. The zero-order chi connectivity index (χ0) is 19.0. The van der Waals surface area contributed by atoms with Crippen LogP contribution >= 0.6 is 0 Å². The second-order valence-electron chi connectivity index (χ2n) is 6.48. The van der Waals surface area contributed by atoms with Gasteiger partial charge in [-0.2, -0.15) is 9.90 Å². The molecule has 0 saturated carbocycles. The van der Waals surface area contributed by atoms with Gasteiger partial charge in [0.05, 0.1) is 11.4 Å². The quantitative estimate of drug-likeness (QED) is 0.778. The lowest BCUT2D eigenvalue weighted by molar-refractivity contribution is -0.116. The molecule has 7 heteroatoms. The van der Waals surface area contributed by atoms with Crippen LogP contribution < -0.4 is 10.2 Å². The lowest BCUT2D eigenvalue weighted by atomic mass is 10.1. The summed E-state index contributed by atoms with van der Waals surface area (Å²) < 4.78 is 0. The number of hydrogen-bond donors (Lipinski definition) is 1. The zero-order valence-electron chi connectivity index (χ0n) is 15.1. The van der Waals surface area contributed by atoms with Crippen molar-refractivity contribution in [1.82, 2.24) is 15.0 Å². The number of aryl methyl sites for hydroxylation is 1. The molecule has 136 valence electrons. The smallest absolute Gasteiger partial charge is 0.278 e. The van der Waals surface area contributed by atoms with Gasteiger partial charge in [-0.15, -0.1) is 5.10 Å². The molecule has 0 unspecified atom stereocenters. The average Bonchev–Trinajstić information content (AvgIpc) is 3.25. The van der Waals surface area contributed by atoms with Crippen LogP contribution in [0, 0.1) is 6.92 Å².